The van der Waals surface area contributed by atoms with Gasteiger partial charge in [-0.1, -0.05) is 6.92 Å². The largest absolute Gasteiger partial charge is 0.382 e. The van der Waals surface area contributed by atoms with Gasteiger partial charge < -0.3 is 10.6 Å². The molecule has 0 saturated carbocycles. The van der Waals surface area contributed by atoms with E-state index in [0.29, 0.717) is 11.9 Å². The highest BCUT2D eigenvalue weighted by Crippen LogP contribution is 2.23. The fourth-order valence-electron chi connectivity index (χ4n) is 2.28. The molecule has 0 aliphatic carbocycles. The number of pyridine rings is 1. The molecule has 1 aromatic heterocycles. The van der Waals surface area contributed by atoms with E-state index < -0.39 is 0 Å². The molecule has 1 aliphatic rings. The van der Waals surface area contributed by atoms with Gasteiger partial charge in [-0.25, -0.2) is 4.98 Å². The minimum Gasteiger partial charge on any atom is -0.382 e. The molecule has 4 nitrogen and oxygen atoms in total. The number of anilines is 2. The molecule has 0 radical (unpaired) electrons. The van der Waals surface area contributed by atoms with Gasteiger partial charge in [0.1, 0.15) is 5.82 Å². The van der Waals surface area contributed by atoms with Crippen LogP contribution >= 0.6 is 0 Å². The van der Waals surface area contributed by atoms with Crippen LogP contribution in [0.1, 0.15) is 13.3 Å². The number of nitrogen functional groups attached to an aromatic ring is 1. The Hall–Kier alpha value is -1.29. The summed E-state index contributed by atoms with van der Waals surface area (Å²) < 4.78 is 0. The molecule has 88 valence electrons. The molecule has 1 aromatic rings. The van der Waals surface area contributed by atoms with Crippen LogP contribution in [-0.2, 0) is 0 Å². The molecule has 0 aromatic carbocycles. The lowest BCUT2D eigenvalue weighted by atomic mass is 10.1. The van der Waals surface area contributed by atoms with Crippen LogP contribution in [0.5, 0.6) is 0 Å². The molecule has 0 amide bonds. The van der Waals surface area contributed by atoms with Crippen molar-refractivity contribution in [3.05, 3.63) is 18.3 Å². The van der Waals surface area contributed by atoms with Gasteiger partial charge in [-0.2, -0.15) is 0 Å². The maximum atomic E-state index is 5.91. The number of piperazine rings is 1. The Balaban J connectivity index is 2.14. The van der Waals surface area contributed by atoms with Crippen LogP contribution in [0.2, 0.25) is 0 Å². The number of rotatable bonds is 2. The number of hydrogen-bond acceptors (Lipinski definition) is 4. The Kier molecular flexibility index (Phi) is 3.29. The molecule has 1 atom stereocenters. The Morgan fingerprint density at radius 1 is 1.50 bits per heavy atom. The van der Waals surface area contributed by atoms with Gasteiger partial charge in [0, 0.05) is 31.9 Å². The highest BCUT2D eigenvalue weighted by atomic mass is 15.3. The lowest BCUT2D eigenvalue weighted by molar-refractivity contribution is 0.213. The maximum absolute atomic E-state index is 5.91. The van der Waals surface area contributed by atoms with Gasteiger partial charge in [0.15, 0.2) is 0 Å². The van der Waals surface area contributed by atoms with E-state index in [9.17, 15) is 0 Å². The monoisotopic (exact) mass is 220 g/mol. The Bertz CT molecular complexity index is 353. The first-order valence-corrected chi connectivity index (χ1v) is 5.88. The van der Waals surface area contributed by atoms with Crippen LogP contribution in [0, 0.1) is 0 Å². The quantitative estimate of drug-likeness (QED) is 0.813. The third-order valence-electron chi connectivity index (χ3n) is 3.41. The van der Waals surface area contributed by atoms with Crippen molar-refractivity contribution in [2.24, 2.45) is 0 Å². The lowest BCUT2D eigenvalue weighted by Crippen LogP contribution is -2.51. The summed E-state index contributed by atoms with van der Waals surface area (Å²) in [4.78, 5) is 8.91. The number of nitrogens with zero attached hydrogens (tertiary/aromatic N) is 3. The first-order valence-electron chi connectivity index (χ1n) is 5.88. The Morgan fingerprint density at radius 3 is 3.00 bits per heavy atom. The number of nitrogens with two attached hydrogens (primary N) is 1. The summed E-state index contributed by atoms with van der Waals surface area (Å²) in [5.41, 5.74) is 6.98. The lowest BCUT2D eigenvalue weighted by Gasteiger charge is -2.40. The van der Waals surface area contributed by atoms with Crippen molar-refractivity contribution in [2.75, 3.05) is 37.3 Å². The standard InChI is InChI=1S/C12H20N4/c1-3-10-9-16(8-7-15(10)2)11-5-4-6-14-12(11)13/h4-6,10H,3,7-9H2,1-2H3,(H2,13,14). The van der Waals surface area contributed by atoms with Crippen molar-refractivity contribution in [3.63, 3.8) is 0 Å². The van der Waals surface area contributed by atoms with Crippen molar-refractivity contribution in [1.29, 1.82) is 0 Å². The maximum Gasteiger partial charge on any atom is 0.146 e. The molecule has 1 aliphatic heterocycles. The van der Waals surface area contributed by atoms with Crippen molar-refractivity contribution in [2.45, 2.75) is 19.4 Å². The highest BCUT2D eigenvalue weighted by Gasteiger charge is 2.23. The Labute approximate surface area is 97.1 Å². The molecule has 4 heteroatoms. The predicted molar refractivity (Wildman–Crippen MR) is 67.6 cm³/mol. The number of hydrogen-bond donors (Lipinski definition) is 1. The molecule has 1 fully saturated rings. The fraction of sp³-hybridized carbons (Fsp3) is 0.583. The van der Waals surface area contributed by atoms with E-state index in [4.69, 9.17) is 5.73 Å². The second-order valence-electron chi connectivity index (χ2n) is 4.40. The summed E-state index contributed by atoms with van der Waals surface area (Å²) in [6.45, 7) is 5.40. The summed E-state index contributed by atoms with van der Waals surface area (Å²) in [5, 5.41) is 0. The van der Waals surface area contributed by atoms with E-state index >= 15 is 0 Å². The predicted octanol–water partition coefficient (Wildman–Crippen LogP) is 1.19. The van der Waals surface area contributed by atoms with Crippen molar-refractivity contribution in [3.8, 4) is 0 Å². The van der Waals surface area contributed by atoms with Crippen molar-refractivity contribution < 1.29 is 0 Å². The highest BCUT2D eigenvalue weighted by molar-refractivity contribution is 5.63. The van der Waals surface area contributed by atoms with E-state index in [0.717, 1.165) is 25.3 Å². The smallest absolute Gasteiger partial charge is 0.146 e. The number of likely N-dealkylation sites (N-methyl/N-ethyl adjacent to an activating group) is 1. The zero-order chi connectivity index (χ0) is 11.5. The first-order chi connectivity index (χ1) is 7.72. The second-order valence-corrected chi connectivity index (χ2v) is 4.40. The summed E-state index contributed by atoms with van der Waals surface area (Å²) >= 11 is 0. The molecule has 1 saturated heterocycles. The van der Waals surface area contributed by atoms with Crippen LogP contribution in [0.15, 0.2) is 18.3 Å². The van der Waals surface area contributed by atoms with Gasteiger partial charge in [0.2, 0.25) is 0 Å². The van der Waals surface area contributed by atoms with Crippen LogP contribution in [0.3, 0.4) is 0 Å². The van der Waals surface area contributed by atoms with E-state index in [-0.39, 0.29) is 0 Å². The zero-order valence-electron chi connectivity index (χ0n) is 10.1. The van der Waals surface area contributed by atoms with Crippen LogP contribution in [0.4, 0.5) is 11.5 Å². The molecule has 16 heavy (non-hydrogen) atoms. The third kappa shape index (κ3) is 2.11. The van der Waals surface area contributed by atoms with E-state index in [1.165, 1.54) is 6.42 Å². The average Bonchev–Trinajstić information content (AvgIpc) is 2.31. The first kappa shape index (κ1) is 11.2. The van der Waals surface area contributed by atoms with Gasteiger partial charge in [0.05, 0.1) is 5.69 Å². The molecule has 0 bridgehead atoms. The van der Waals surface area contributed by atoms with Gasteiger partial charge in [-0.15, -0.1) is 0 Å². The molecule has 0 spiro atoms. The molecular weight excluding hydrogens is 200 g/mol. The topological polar surface area (TPSA) is 45.4 Å². The van der Waals surface area contributed by atoms with Gasteiger partial charge >= 0.3 is 0 Å². The van der Waals surface area contributed by atoms with Crippen LogP contribution in [-0.4, -0.2) is 42.6 Å². The minimum absolute atomic E-state index is 0.619. The van der Waals surface area contributed by atoms with E-state index in [1.807, 2.05) is 6.07 Å². The van der Waals surface area contributed by atoms with Gasteiger partial charge in [-0.05, 0) is 25.6 Å². The average molecular weight is 220 g/mol. The molecular formula is C12H20N4. The van der Waals surface area contributed by atoms with Crippen molar-refractivity contribution >= 4 is 11.5 Å². The normalized spacial score (nSPS) is 22.4. The molecule has 2 rings (SSSR count). The van der Waals surface area contributed by atoms with Crippen molar-refractivity contribution in [1.82, 2.24) is 9.88 Å². The van der Waals surface area contributed by atoms with Gasteiger partial charge in [-0.3, -0.25) is 4.90 Å². The molecule has 2 heterocycles. The molecule has 1 unspecified atom stereocenters. The van der Waals surface area contributed by atoms with Crippen LogP contribution in [0.25, 0.3) is 0 Å². The van der Waals surface area contributed by atoms with Crippen LogP contribution < -0.4 is 10.6 Å². The summed E-state index contributed by atoms with van der Waals surface area (Å²) in [5.74, 6) is 0.641. The fourth-order valence-corrected chi connectivity index (χ4v) is 2.28. The SMILES string of the molecule is CCC1CN(c2cccnc2N)CCN1C. The van der Waals surface area contributed by atoms with Gasteiger partial charge in [0.25, 0.3) is 0 Å². The number of aromatic nitrogens is 1. The zero-order valence-corrected chi connectivity index (χ0v) is 10.1. The summed E-state index contributed by atoms with van der Waals surface area (Å²) in [7, 11) is 2.19. The summed E-state index contributed by atoms with van der Waals surface area (Å²) in [6.07, 6.45) is 2.92. The summed E-state index contributed by atoms with van der Waals surface area (Å²) in [6, 6.07) is 4.62. The molecule has 2 N–H and O–H groups in total. The Morgan fingerprint density at radius 2 is 2.31 bits per heavy atom. The third-order valence-corrected chi connectivity index (χ3v) is 3.41. The second kappa shape index (κ2) is 4.70. The van der Waals surface area contributed by atoms with E-state index in [1.54, 1.807) is 6.20 Å². The minimum atomic E-state index is 0.619. The van der Waals surface area contributed by atoms with E-state index in [2.05, 4.69) is 34.8 Å².